The minimum Gasteiger partial charge on any atom is -0.504 e. The summed E-state index contributed by atoms with van der Waals surface area (Å²) >= 11 is 0. The van der Waals surface area contributed by atoms with Gasteiger partial charge in [-0.1, -0.05) is 30.3 Å². The number of nitrogens with zero attached hydrogens (tertiary/aromatic N) is 3. The van der Waals surface area contributed by atoms with E-state index < -0.39 is 17.3 Å². The highest BCUT2D eigenvalue weighted by Gasteiger charge is 2.31. The molecule has 0 aliphatic heterocycles. The summed E-state index contributed by atoms with van der Waals surface area (Å²) in [6, 6.07) is 14.2. The van der Waals surface area contributed by atoms with Crippen molar-refractivity contribution in [1.29, 1.82) is 0 Å². The Balaban J connectivity index is 1.92. The largest absolute Gasteiger partial charge is 0.504 e. The second-order valence-corrected chi connectivity index (χ2v) is 7.62. The van der Waals surface area contributed by atoms with Crippen LogP contribution in [0.3, 0.4) is 0 Å². The number of phenolic OH excluding ortho intramolecular Hbond substituents is 1. The zero-order valence-corrected chi connectivity index (χ0v) is 18.6. The van der Waals surface area contributed by atoms with Crippen LogP contribution in [0.5, 0.6) is 11.5 Å². The SMILES string of the molecule is C=CCc1cc(C=Nn2c(-c3cccc(C(F)(F)F)c3)nc3ccccc3c2=O)cc(OC)c1O. The van der Waals surface area contributed by atoms with E-state index >= 15 is 0 Å². The van der Waals surface area contributed by atoms with E-state index in [0.717, 1.165) is 16.8 Å². The molecule has 0 radical (unpaired) electrons. The number of hydrogen-bond donors (Lipinski definition) is 1. The average molecular weight is 479 g/mol. The summed E-state index contributed by atoms with van der Waals surface area (Å²) < 4.78 is 46.2. The van der Waals surface area contributed by atoms with Gasteiger partial charge in [0.05, 0.1) is 29.8 Å². The Labute approximate surface area is 198 Å². The van der Waals surface area contributed by atoms with E-state index in [0.29, 0.717) is 23.1 Å². The van der Waals surface area contributed by atoms with Gasteiger partial charge in [-0.15, -0.1) is 6.58 Å². The smallest absolute Gasteiger partial charge is 0.416 e. The number of phenols is 1. The maximum Gasteiger partial charge on any atom is 0.416 e. The fourth-order valence-electron chi connectivity index (χ4n) is 3.61. The zero-order valence-electron chi connectivity index (χ0n) is 18.6. The molecule has 0 saturated heterocycles. The van der Waals surface area contributed by atoms with E-state index in [9.17, 15) is 23.1 Å². The van der Waals surface area contributed by atoms with Crippen LogP contribution in [0.25, 0.3) is 22.3 Å². The third kappa shape index (κ3) is 4.79. The summed E-state index contributed by atoms with van der Waals surface area (Å²) in [4.78, 5) is 17.7. The number of aromatic nitrogens is 2. The summed E-state index contributed by atoms with van der Waals surface area (Å²) in [5.41, 5.74) is 0.0161. The van der Waals surface area contributed by atoms with Crippen LogP contribution in [-0.4, -0.2) is 28.1 Å². The minimum atomic E-state index is -4.56. The third-order valence-corrected chi connectivity index (χ3v) is 5.28. The molecular formula is C26H20F3N3O3. The molecule has 0 aliphatic carbocycles. The molecule has 0 bridgehead atoms. The number of fused-ring (bicyclic) bond motifs is 1. The van der Waals surface area contributed by atoms with E-state index in [2.05, 4.69) is 16.7 Å². The number of methoxy groups -OCH3 is 1. The summed E-state index contributed by atoms with van der Waals surface area (Å²) in [6.45, 7) is 3.67. The van der Waals surface area contributed by atoms with Gasteiger partial charge in [-0.25, -0.2) is 4.98 Å². The molecule has 6 nitrogen and oxygen atoms in total. The van der Waals surface area contributed by atoms with E-state index in [1.807, 2.05) is 0 Å². The Morgan fingerprint density at radius 1 is 1.14 bits per heavy atom. The standard InChI is InChI=1S/C26H20F3N3O3/c1-3-7-17-12-16(13-22(35-2)23(17)33)15-30-32-24(18-8-6-9-19(14-18)26(27,28)29)31-21-11-5-4-10-20(21)25(32)34/h3-6,8-15,33H,1,7H2,2H3. The van der Waals surface area contributed by atoms with Crippen molar-refractivity contribution in [2.24, 2.45) is 5.10 Å². The highest BCUT2D eigenvalue weighted by molar-refractivity contribution is 5.83. The zero-order chi connectivity index (χ0) is 25.2. The number of ether oxygens (including phenoxy) is 1. The molecule has 0 unspecified atom stereocenters. The van der Waals surface area contributed by atoms with Crippen molar-refractivity contribution >= 4 is 17.1 Å². The number of para-hydroxylation sites is 1. The molecule has 0 saturated carbocycles. The van der Waals surface area contributed by atoms with Crippen LogP contribution < -0.4 is 10.3 Å². The van der Waals surface area contributed by atoms with Crippen LogP contribution in [0.4, 0.5) is 13.2 Å². The van der Waals surface area contributed by atoms with Crippen LogP contribution in [0.15, 0.2) is 83.2 Å². The Bertz CT molecular complexity index is 1510. The molecule has 178 valence electrons. The molecule has 4 rings (SSSR count). The molecule has 1 heterocycles. The first-order chi connectivity index (χ1) is 16.7. The highest BCUT2D eigenvalue weighted by Crippen LogP contribution is 2.33. The first kappa shape index (κ1) is 23.7. The number of benzene rings is 3. The highest BCUT2D eigenvalue weighted by atomic mass is 19.4. The van der Waals surface area contributed by atoms with Crippen molar-refractivity contribution in [2.75, 3.05) is 7.11 Å². The number of aromatic hydroxyl groups is 1. The first-order valence-electron chi connectivity index (χ1n) is 10.5. The van der Waals surface area contributed by atoms with Crippen molar-refractivity contribution < 1.29 is 23.0 Å². The Morgan fingerprint density at radius 2 is 1.91 bits per heavy atom. The van der Waals surface area contributed by atoms with Gasteiger partial charge >= 0.3 is 6.18 Å². The fourth-order valence-corrected chi connectivity index (χ4v) is 3.61. The van der Waals surface area contributed by atoms with Crippen molar-refractivity contribution in [2.45, 2.75) is 12.6 Å². The number of halogens is 3. The van der Waals surface area contributed by atoms with E-state index in [1.54, 1.807) is 36.4 Å². The Morgan fingerprint density at radius 3 is 2.63 bits per heavy atom. The van der Waals surface area contributed by atoms with Gasteiger partial charge in [0.2, 0.25) is 0 Å². The summed E-state index contributed by atoms with van der Waals surface area (Å²) in [5, 5.41) is 14.8. The number of alkyl halides is 3. The lowest BCUT2D eigenvalue weighted by molar-refractivity contribution is -0.137. The van der Waals surface area contributed by atoms with Gasteiger partial charge < -0.3 is 9.84 Å². The number of allylic oxidation sites excluding steroid dienone is 1. The van der Waals surface area contributed by atoms with Gasteiger partial charge in [0.25, 0.3) is 5.56 Å². The monoisotopic (exact) mass is 479 g/mol. The molecule has 0 spiro atoms. The lowest BCUT2D eigenvalue weighted by Crippen LogP contribution is -2.20. The molecule has 0 amide bonds. The second-order valence-electron chi connectivity index (χ2n) is 7.62. The van der Waals surface area contributed by atoms with Gasteiger partial charge in [-0.05, 0) is 48.4 Å². The molecule has 1 aromatic heterocycles. The third-order valence-electron chi connectivity index (χ3n) is 5.28. The lowest BCUT2D eigenvalue weighted by atomic mass is 10.1. The van der Waals surface area contributed by atoms with Gasteiger partial charge in [0.15, 0.2) is 17.3 Å². The molecule has 1 N–H and O–H groups in total. The van der Waals surface area contributed by atoms with E-state index in [-0.39, 0.29) is 28.3 Å². The fraction of sp³-hybridized carbons (Fsp3) is 0.115. The van der Waals surface area contributed by atoms with Gasteiger partial charge in [-0.3, -0.25) is 4.79 Å². The Hall–Kier alpha value is -4.40. The topological polar surface area (TPSA) is 76.7 Å². The molecule has 3 aromatic carbocycles. The molecule has 0 atom stereocenters. The summed E-state index contributed by atoms with van der Waals surface area (Å²) in [6.07, 6.45) is -1.25. The molecule has 9 heteroatoms. The Kier molecular flexibility index (Phi) is 6.42. The maximum absolute atomic E-state index is 13.3. The molecule has 0 fully saturated rings. The molecule has 4 aromatic rings. The maximum atomic E-state index is 13.3. The van der Waals surface area contributed by atoms with Gasteiger partial charge in [0.1, 0.15) is 0 Å². The van der Waals surface area contributed by atoms with Gasteiger partial charge in [-0.2, -0.15) is 22.9 Å². The van der Waals surface area contributed by atoms with Crippen LogP contribution >= 0.6 is 0 Å². The quantitative estimate of drug-likeness (QED) is 0.297. The van der Waals surface area contributed by atoms with Crippen molar-refractivity contribution in [1.82, 2.24) is 9.66 Å². The number of hydrogen-bond acceptors (Lipinski definition) is 5. The second kappa shape index (κ2) is 9.46. The van der Waals surface area contributed by atoms with Crippen LogP contribution in [0.2, 0.25) is 0 Å². The van der Waals surface area contributed by atoms with E-state index in [4.69, 9.17) is 4.74 Å². The molecule has 0 aliphatic rings. The van der Waals surface area contributed by atoms with Gasteiger partial charge in [0, 0.05) is 11.1 Å². The first-order valence-corrected chi connectivity index (χ1v) is 10.5. The predicted octanol–water partition coefficient (Wildman–Crippen LogP) is 5.41. The van der Waals surface area contributed by atoms with E-state index in [1.165, 1.54) is 31.5 Å². The minimum absolute atomic E-state index is 0.0428. The lowest BCUT2D eigenvalue weighted by Gasteiger charge is -2.12. The van der Waals surface area contributed by atoms with Crippen LogP contribution in [0, 0.1) is 0 Å². The molecular weight excluding hydrogens is 459 g/mol. The predicted molar refractivity (Wildman–Crippen MR) is 128 cm³/mol. The van der Waals surface area contributed by atoms with Crippen molar-refractivity contribution in [3.8, 4) is 22.9 Å². The normalized spacial score (nSPS) is 11.8. The number of rotatable bonds is 6. The molecule has 35 heavy (non-hydrogen) atoms. The summed E-state index contributed by atoms with van der Waals surface area (Å²) in [7, 11) is 1.40. The summed E-state index contributed by atoms with van der Waals surface area (Å²) in [5.74, 6) is 0.111. The van der Waals surface area contributed by atoms with Crippen molar-refractivity contribution in [3.63, 3.8) is 0 Å². The van der Waals surface area contributed by atoms with Crippen LogP contribution in [0.1, 0.15) is 16.7 Å². The average Bonchev–Trinajstić information content (AvgIpc) is 2.84. The van der Waals surface area contributed by atoms with Crippen molar-refractivity contribution in [3.05, 3.63) is 100 Å². The van der Waals surface area contributed by atoms with Crippen LogP contribution in [-0.2, 0) is 12.6 Å².